The van der Waals surface area contributed by atoms with Gasteiger partial charge in [0.05, 0.1) is 11.0 Å². The normalized spacial score (nSPS) is 30.2. The van der Waals surface area contributed by atoms with Gasteiger partial charge in [-0.15, -0.1) is 0 Å². The second-order valence-electron chi connectivity index (χ2n) is 11.4. The van der Waals surface area contributed by atoms with Gasteiger partial charge in [0, 0.05) is 23.7 Å². The third kappa shape index (κ3) is 2.56. The van der Waals surface area contributed by atoms with E-state index in [-0.39, 0.29) is 0 Å². The van der Waals surface area contributed by atoms with Gasteiger partial charge >= 0.3 is 0 Å². The van der Waals surface area contributed by atoms with Gasteiger partial charge in [0.25, 0.3) is 0 Å². The molecule has 3 heteroatoms. The molecule has 34 heavy (non-hydrogen) atoms. The van der Waals surface area contributed by atoms with Crippen molar-refractivity contribution in [3.63, 3.8) is 0 Å². The Bertz CT molecular complexity index is 1590. The van der Waals surface area contributed by atoms with Gasteiger partial charge in [-0.1, -0.05) is 37.3 Å². The highest BCUT2D eigenvalue weighted by molar-refractivity contribution is 6.06. The molecular formula is C31H30N2O. The smallest absolute Gasteiger partial charge is 0.136 e. The molecule has 4 fully saturated rings. The molecule has 0 saturated heterocycles. The molecule has 0 amide bonds. The molecule has 6 atom stereocenters. The SMILES string of the molecule is C[C@@H]1[C@H]2CC3C[C@H](C2)C[C@H]1C3c1nc2cc(-c3ccc4c(c3)oc3ccccc34)ccc2n1C. The van der Waals surface area contributed by atoms with Gasteiger partial charge in [0.1, 0.15) is 17.0 Å². The van der Waals surface area contributed by atoms with E-state index in [2.05, 4.69) is 67.1 Å². The minimum atomic E-state index is 0.635. The van der Waals surface area contributed by atoms with Crippen molar-refractivity contribution in [3.05, 3.63) is 66.5 Å². The topological polar surface area (TPSA) is 31.0 Å². The monoisotopic (exact) mass is 446 g/mol. The summed E-state index contributed by atoms with van der Waals surface area (Å²) >= 11 is 0. The van der Waals surface area contributed by atoms with Crippen molar-refractivity contribution in [2.75, 3.05) is 0 Å². The molecule has 4 bridgehead atoms. The summed E-state index contributed by atoms with van der Waals surface area (Å²) in [5.74, 6) is 6.43. The number of hydrogen-bond donors (Lipinski definition) is 0. The van der Waals surface area contributed by atoms with E-state index < -0.39 is 0 Å². The lowest BCUT2D eigenvalue weighted by atomic mass is 9.48. The Morgan fingerprint density at radius 3 is 2.56 bits per heavy atom. The third-order valence-electron chi connectivity index (χ3n) is 9.80. The molecular weight excluding hydrogens is 416 g/mol. The van der Waals surface area contributed by atoms with Crippen LogP contribution in [0.25, 0.3) is 44.1 Å². The molecule has 4 aliphatic carbocycles. The molecule has 3 nitrogen and oxygen atoms in total. The van der Waals surface area contributed by atoms with E-state index in [4.69, 9.17) is 9.40 Å². The summed E-state index contributed by atoms with van der Waals surface area (Å²) in [6, 6.07) is 21.7. The predicted molar refractivity (Wildman–Crippen MR) is 138 cm³/mol. The first kappa shape index (κ1) is 19.3. The van der Waals surface area contributed by atoms with Gasteiger partial charge in [0.15, 0.2) is 0 Å². The van der Waals surface area contributed by atoms with Crippen molar-refractivity contribution in [1.29, 1.82) is 0 Å². The van der Waals surface area contributed by atoms with E-state index in [1.807, 2.05) is 12.1 Å². The lowest BCUT2D eigenvalue weighted by Crippen LogP contribution is -2.49. The number of hydrogen-bond acceptors (Lipinski definition) is 2. The average molecular weight is 447 g/mol. The van der Waals surface area contributed by atoms with Crippen molar-refractivity contribution in [2.24, 2.45) is 36.6 Å². The highest BCUT2D eigenvalue weighted by Gasteiger charge is 2.53. The van der Waals surface area contributed by atoms with Gasteiger partial charge in [-0.25, -0.2) is 4.98 Å². The van der Waals surface area contributed by atoms with Gasteiger partial charge in [-0.3, -0.25) is 0 Å². The Balaban J connectivity index is 1.21. The average Bonchev–Trinajstić information content (AvgIpc) is 3.38. The number of rotatable bonds is 2. The zero-order valence-corrected chi connectivity index (χ0v) is 19.9. The van der Waals surface area contributed by atoms with Crippen LogP contribution in [-0.4, -0.2) is 9.55 Å². The first-order chi connectivity index (χ1) is 16.6. The van der Waals surface area contributed by atoms with Gasteiger partial charge < -0.3 is 8.98 Å². The summed E-state index contributed by atoms with van der Waals surface area (Å²) in [4.78, 5) is 5.32. The van der Waals surface area contributed by atoms with Crippen molar-refractivity contribution in [2.45, 2.75) is 38.5 Å². The number of aromatic nitrogens is 2. The first-order valence-electron chi connectivity index (χ1n) is 13.0. The van der Waals surface area contributed by atoms with Crippen molar-refractivity contribution >= 4 is 33.0 Å². The van der Waals surface area contributed by atoms with Crippen LogP contribution < -0.4 is 0 Å². The Morgan fingerprint density at radius 1 is 0.824 bits per heavy atom. The molecule has 170 valence electrons. The summed E-state index contributed by atoms with van der Waals surface area (Å²) in [6.07, 6.45) is 5.76. The molecule has 2 aromatic heterocycles. The fourth-order valence-corrected chi connectivity index (χ4v) is 8.23. The van der Waals surface area contributed by atoms with Crippen LogP contribution in [0.3, 0.4) is 0 Å². The molecule has 5 aromatic rings. The lowest BCUT2D eigenvalue weighted by Gasteiger charge is -2.57. The van der Waals surface area contributed by atoms with Crippen LogP contribution in [0.4, 0.5) is 0 Å². The summed E-state index contributed by atoms with van der Waals surface area (Å²) in [6.45, 7) is 2.52. The number of furan rings is 1. The second-order valence-corrected chi connectivity index (χ2v) is 11.4. The van der Waals surface area contributed by atoms with E-state index in [1.54, 1.807) is 0 Å². The van der Waals surface area contributed by atoms with Crippen LogP contribution in [-0.2, 0) is 7.05 Å². The number of fused-ring (bicyclic) bond motifs is 4. The fraction of sp³-hybridized carbons (Fsp3) is 0.387. The van der Waals surface area contributed by atoms with Gasteiger partial charge in [-0.05, 0) is 96.7 Å². The predicted octanol–water partition coefficient (Wildman–Crippen LogP) is 7.93. The number of nitrogens with zero attached hydrogens (tertiary/aromatic N) is 2. The largest absolute Gasteiger partial charge is 0.456 e. The molecule has 4 saturated carbocycles. The van der Waals surface area contributed by atoms with Gasteiger partial charge in [-0.2, -0.15) is 0 Å². The fourth-order valence-electron chi connectivity index (χ4n) is 8.23. The molecule has 3 aromatic carbocycles. The van der Waals surface area contributed by atoms with Crippen LogP contribution in [0.15, 0.2) is 65.1 Å². The van der Waals surface area contributed by atoms with E-state index in [0.717, 1.165) is 46.3 Å². The molecule has 2 unspecified atom stereocenters. The molecule has 4 aliphatic rings. The Kier molecular flexibility index (Phi) is 3.82. The van der Waals surface area contributed by atoms with Crippen LogP contribution in [0, 0.1) is 29.6 Å². The zero-order valence-electron chi connectivity index (χ0n) is 19.9. The van der Waals surface area contributed by atoms with Crippen LogP contribution in [0.5, 0.6) is 0 Å². The van der Waals surface area contributed by atoms with E-state index >= 15 is 0 Å². The maximum Gasteiger partial charge on any atom is 0.136 e. The summed E-state index contributed by atoms with van der Waals surface area (Å²) < 4.78 is 8.55. The Morgan fingerprint density at radius 2 is 1.62 bits per heavy atom. The van der Waals surface area contributed by atoms with Crippen molar-refractivity contribution < 1.29 is 4.42 Å². The molecule has 0 radical (unpaired) electrons. The summed E-state index contributed by atoms with van der Waals surface area (Å²) in [5, 5.41) is 2.36. The molecule has 0 spiro atoms. The molecule has 2 heterocycles. The maximum absolute atomic E-state index is 6.15. The maximum atomic E-state index is 6.15. The minimum Gasteiger partial charge on any atom is -0.456 e. The van der Waals surface area contributed by atoms with Crippen molar-refractivity contribution in [3.8, 4) is 11.1 Å². The standard InChI is InChI=1S/C31H30N2O/c1-17-21-11-18-12-22(14-21)30(25(17)13-18)31-32-26-15-19(8-10-27(26)33(31)2)20-7-9-24-23-5-3-4-6-28(23)34-29(24)16-20/h3-10,15-18,21-22,25,30H,11-14H2,1-2H3/t17-,18+,21-,22?,25-,30?/m1/s1. The van der Waals surface area contributed by atoms with Gasteiger partial charge in [0.2, 0.25) is 0 Å². The van der Waals surface area contributed by atoms with E-state index in [9.17, 15) is 0 Å². The number of para-hydroxylation sites is 1. The van der Waals surface area contributed by atoms with Crippen LogP contribution in [0.2, 0.25) is 0 Å². The number of benzene rings is 3. The third-order valence-corrected chi connectivity index (χ3v) is 9.80. The highest BCUT2D eigenvalue weighted by atomic mass is 16.3. The van der Waals surface area contributed by atoms with Crippen LogP contribution in [0.1, 0.15) is 44.3 Å². The minimum absolute atomic E-state index is 0.635. The number of aryl methyl sites for hydroxylation is 1. The summed E-state index contributed by atoms with van der Waals surface area (Å²) in [7, 11) is 2.24. The summed E-state index contributed by atoms with van der Waals surface area (Å²) in [5.41, 5.74) is 6.67. The lowest BCUT2D eigenvalue weighted by molar-refractivity contribution is -0.0513. The quantitative estimate of drug-likeness (QED) is 0.276. The Hall–Kier alpha value is -3.07. The number of imidazole rings is 1. The molecule has 9 rings (SSSR count). The zero-order chi connectivity index (χ0) is 22.6. The van der Waals surface area contributed by atoms with E-state index in [0.29, 0.717) is 5.92 Å². The molecule has 0 N–H and O–H groups in total. The Labute approximate surface area is 199 Å². The molecule has 0 aliphatic heterocycles. The van der Waals surface area contributed by atoms with E-state index in [1.165, 1.54) is 58.9 Å². The highest BCUT2D eigenvalue weighted by Crippen LogP contribution is 2.62. The van der Waals surface area contributed by atoms with Crippen LogP contribution >= 0.6 is 0 Å². The first-order valence-corrected chi connectivity index (χ1v) is 13.0. The van der Waals surface area contributed by atoms with Crippen molar-refractivity contribution in [1.82, 2.24) is 9.55 Å². The second kappa shape index (κ2) is 6.75.